The smallest absolute Gasteiger partial charge is 0.328 e. The van der Waals surface area contributed by atoms with Crippen molar-refractivity contribution in [1.29, 1.82) is 0 Å². The summed E-state index contributed by atoms with van der Waals surface area (Å²) in [6.07, 6.45) is 2.93. The molecular formula is C22H24ClN3O5. The number of fused-ring (bicyclic) bond motifs is 1. The first-order chi connectivity index (χ1) is 14.7. The Morgan fingerprint density at radius 1 is 1.23 bits per heavy atom. The molecule has 1 amide bonds. The second-order valence-corrected chi connectivity index (χ2v) is 8.70. The second-order valence-electron chi connectivity index (χ2n) is 8.32. The van der Waals surface area contributed by atoms with E-state index >= 15 is 0 Å². The Balaban J connectivity index is 1.41. The van der Waals surface area contributed by atoms with E-state index in [2.05, 4.69) is 4.98 Å². The van der Waals surface area contributed by atoms with Gasteiger partial charge in [-0.2, -0.15) is 0 Å². The summed E-state index contributed by atoms with van der Waals surface area (Å²) in [4.78, 5) is 52.3. The van der Waals surface area contributed by atoms with Crippen LogP contribution >= 0.6 is 11.6 Å². The SMILES string of the molecule is Cc1cc2c(c(C)c1Cl)C(=O)CC1(CCN(C(=O)CCn3ccc(=O)[nH]c3=O)CC1)O2. The molecule has 164 valence electrons. The normalized spacial score (nSPS) is 17.4. The predicted molar refractivity (Wildman–Crippen MR) is 115 cm³/mol. The lowest BCUT2D eigenvalue weighted by Crippen LogP contribution is -2.52. The molecule has 0 aliphatic carbocycles. The lowest BCUT2D eigenvalue weighted by atomic mass is 9.81. The number of aryl methyl sites for hydroxylation is 2. The van der Waals surface area contributed by atoms with E-state index in [1.807, 2.05) is 19.9 Å². The van der Waals surface area contributed by atoms with Crippen molar-refractivity contribution in [3.8, 4) is 5.75 Å². The van der Waals surface area contributed by atoms with Crippen LogP contribution in [0.3, 0.4) is 0 Å². The van der Waals surface area contributed by atoms with Crippen molar-refractivity contribution in [1.82, 2.24) is 14.5 Å². The third kappa shape index (κ3) is 4.04. The average Bonchev–Trinajstić information content (AvgIpc) is 2.71. The summed E-state index contributed by atoms with van der Waals surface area (Å²) in [5.74, 6) is 0.528. The van der Waals surface area contributed by atoms with Gasteiger partial charge in [-0.05, 0) is 31.0 Å². The molecule has 1 fully saturated rings. The molecule has 8 nitrogen and oxygen atoms in total. The average molecular weight is 446 g/mol. The first kappa shape index (κ1) is 21.4. The van der Waals surface area contributed by atoms with Crippen LogP contribution in [0.25, 0.3) is 0 Å². The molecule has 3 heterocycles. The van der Waals surface area contributed by atoms with Gasteiger partial charge in [0.15, 0.2) is 5.78 Å². The van der Waals surface area contributed by atoms with Gasteiger partial charge in [-0.15, -0.1) is 0 Å². The zero-order valence-corrected chi connectivity index (χ0v) is 18.3. The highest BCUT2D eigenvalue weighted by atomic mass is 35.5. The zero-order chi connectivity index (χ0) is 22.3. The number of hydrogen-bond donors (Lipinski definition) is 1. The predicted octanol–water partition coefficient (Wildman–Crippen LogP) is 2.22. The molecule has 0 saturated carbocycles. The molecule has 0 radical (unpaired) electrons. The van der Waals surface area contributed by atoms with E-state index in [1.54, 1.807) is 4.90 Å². The Morgan fingerprint density at radius 3 is 2.61 bits per heavy atom. The summed E-state index contributed by atoms with van der Waals surface area (Å²) in [6.45, 7) is 4.88. The quantitative estimate of drug-likeness (QED) is 0.780. The van der Waals surface area contributed by atoms with E-state index < -0.39 is 16.9 Å². The van der Waals surface area contributed by atoms with E-state index in [1.165, 1.54) is 16.8 Å². The van der Waals surface area contributed by atoms with Crippen LogP contribution in [0.15, 0.2) is 27.9 Å². The van der Waals surface area contributed by atoms with E-state index in [0.717, 1.165) is 11.1 Å². The molecular weight excluding hydrogens is 422 g/mol. The first-order valence-corrected chi connectivity index (χ1v) is 10.7. The molecule has 1 saturated heterocycles. The van der Waals surface area contributed by atoms with Crippen LogP contribution in [0.2, 0.25) is 5.02 Å². The van der Waals surface area contributed by atoms with Gasteiger partial charge in [0.25, 0.3) is 5.56 Å². The molecule has 31 heavy (non-hydrogen) atoms. The summed E-state index contributed by atoms with van der Waals surface area (Å²) < 4.78 is 7.64. The minimum Gasteiger partial charge on any atom is -0.486 e. The van der Waals surface area contributed by atoms with Crippen molar-refractivity contribution in [2.24, 2.45) is 0 Å². The van der Waals surface area contributed by atoms with Gasteiger partial charge < -0.3 is 14.2 Å². The lowest BCUT2D eigenvalue weighted by Gasteiger charge is -2.44. The topological polar surface area (TPSA) is 101 Å². The summed E-state index contributed by atoms with van der Waals surface area (Å²) >= 11 is 6.31. The highest BCUT2D eigenvalue weighted by molar-refractivity contribution is 6.32. The van der Waals surface area contributed by atoms with Gasteiger partial charge in [-0.1, -0.05) is 11.6 Å². The van der Waals surface area contributed by atoms with Gasteiger partial charge in [-0.3, -0.25) is 19.4 Å². The van der Waals surface area contributed by atoms with Crippen LogP contribution in [0, 0.1) is 13.8 Å². The fourth-order valence-electron chi connectivity index (χ4n) is 4.44. The first-order valence-electron chi connectivity index (χ1n) is 10.3. The van der Waals surface area contributed by atoms with Crippen LogP contribution in [0.1, 0.15) is 47.2 Å². The third-order valence-electron chi connectivity index (χ3n) is 6.22. The number of carbonyl (C=O) groups excluding carboxylic acids is 2. The number of aromatic nitrogens is 2. The summed E-state index contributed by atoms with van der Waals surface area (Å²) in [5.41, 5.74) is 0.575. The molecule has 9 heteroatoms. The monoisotopic (exact) mass is 445 g/mol. The summed E-state index contributed by atoms with van der Waals surface area (Å²) in [7, 11) is 0. The molecule has 0 unspecified atom stereocenters. The number of halogens is 1. The van der Waals surface area contributed by atoms with Crippen molar-refractivity contribution in [2.75, 3.05) is 13.1 Å². The van der Waals surface area contributed by atoms with Crippen molar-refractivity contribution in [3.05, 3.63) is 60.9 Å². The molecule has 0 atom stereocenters. The Bertz CT molecular complexity index is 1170. The van der Waals surface area contributed by atoms with Crippen molar-refractivity contribution in [2.45, 2.75) is 51.7 Å². The second kappa shape index (κ2) is 8.00. The number of carbonyl (C=O) groups is 2. The number of H-pyrrole nitrogens is 1. The number of nitrogens with one attached hydrogen (secondary N) is 1. The molecule has 4 rings (SSSR count). The maximum Gasteiger partial charge on any atom is 0.328 e. The van der Waals surface area contributed by atoms with E-state index in [9.17, 15) is 19.2 Å². The van der Waals surface area contributed by atoms with Crippen molar-refractivity contribution < 1.29 is 14.3 Å². The van der Waals surface area contributed by atoms with Gasteiger partial charge in [0, 0.05) is 56.2 Å². The Hall–Kier alpha value is -2.87. The molecule has 1 aromatic heterocycles. The molecule has 2 aliphatic rings. The van der Waals surface area contributed by atoms with Crippen LogP contribution in [0.4, 0.5) is 0 Å². The molecule has 0 bridgehead atoms. The standard InChI is InChI=1S/C22H24ClN3O5/c1-13-11-16-19(14(2)20(13)23)15(27)12-22(31-16)5-9-25(10-6-22)18(29)4-8-26-7-3-17(28)24-21(26)30/h3,7,11H,4-6,8-10,12H2,1-2H3,(H,24,28,30). The van der Waals surface area contributed by atoms with Crippen molar-refractivity contribution >= 4 is 23.3 Å². The van der Waals surface area contributed by atoms with Crippen LogP contribution in [-0.2, 0) is 11.3 Å². The number of piperidine rings is 1. The molecule has 1 spiro atoms. The number of likely N-dealkylation sites (tertiary alicyclic amines) is 1. The van der Waals surface area contributed by atoms with E-state index in [-0.39, 0.29) is 31.1 Å². The van der Waals surface area contributed by atoms with Crippen LogP contribution in [-0.4, -0.2) is 44.8 Å². The van der Waals surface area contributed by atoms with Gasteiger partial charge in [0.1, 0.15) is 11.4 Å². The van der Waals surface area contributed by atoms with E-state index in [4.69, 9.17) is 16.3 Å². The number of hydrogen-bond acceptors (Lipinski definition) is 5. The number of nitrogens with zero attached hydrogens (tertiary/aromatic N) is 2. The Labute approximate surface area is 183 Å². The fourth-order valence-corrected chi connectivity index (χ4v) is 4.59. The largest absolute Gasteiger partial charge is 0.486 e. The number of ketones is 1. The third-order valence-corrected chi connectivity index (χ3v) is 6.80. The van der Waals surface area contributed by atoms with Crippen LogP contribution < -0.4 is 16.0 Å². The van der Waals surface area contributed by atoms with Crippen molar-refractivity contribution in [3.63, 3.8) is 0 Å². The minimum atomic E-state index is -0.608. The molecule has 1 N–H and O–H groups in total. The van der Waals surface area contributed by atoms with E-state index in [0.29, 0.717) is 42.3 Å². The summed E-state index contributed by atoms with van der Waals surface area (Å²) in [5, 5.41) is 0.591. The Kier molecular flexibility index (Phi) is 5.51. The number of Topliss-reactive ketones (excluding diaryl/α,β-unsaturated/α-hetero) is 1. The Morgan fingerprint density at radius 2 is 1.94 bits per heavy atom. The highest BCUT2D eigenvalue weighted by Crippen LogP contribution is 2.43. The van der Waals surface area contributed by atoms with Gasteiger partial charge >= 0.3 is 5.69 Å². The zero-order valence-electron chi connectivity index (χ0n) is 17.5. The lowest BCUT2D eigenvalue weighted by molar-refractivity contribution is -0.135. The van der Waals surface area contributed by atoms with Gasteiger partial charge in [-0.25, -0.2) is 4.79 Å². The molecule has 2 aliphatic heterocycles. The molecule has 2 aromatic rings. The maximum atomic E-state index is 12.9. The maximum absolute atomic E-state index is 12.9. The van der Waals surface area contributed by atoms with Gasteiger partial charge in [0.2, 0.25) is 5.91 Å². The fraction of sp³-hybridized carbons (Fsp3) is 0.455. The number of aromatic amines is 1. The van der Waals surface area contributed by atoms with Gasteiger partial charge in [0.05, 0.1) is 12.0 Å². The minimum absolute atomic E-state index is 0.0258. The van der Waals surface area contributed by atoms with Crippen LogP contribution in [0.5, 0.6) is 5.75 Å². The summed E-state index contributed by atoms with van der Waals surface area (Å²) in [6, 6.07) is 3.07. The number of amides is 1. The molecule has 1 aromatic carbocycles. The number of ether oxygens (including phenoxy) is 1. The number of rotatable bonds is 3. The number of benzene rings is 1. The highest BCUT2D eigenvalue weighted by Gasteiger charge is 2.44.